The van der Waals surface area contributed by atoms with Gasteiger partial charge < -0.3 is 14.4 Å². The van der Waals surface area contributed by atoms with Gasteiger partial charge in [0.25, 0.3) is 0 Å². The molecule has 1 aliphatic heterocycles. The van der Waals surface area contributed by atoms with Crippen LogP contribution in [0.5, 0.6) is 5.75 Å². The molecule has 4 heteroatoms. The van der Waals surface area contributed by atoms with Gasteiger partial charge in [-0.2, -0.15) is 0 Å². The van der Waals surface area contributed by atoms with Crippen LogP contribution in [-0.4, -0.2) is 25.0 Å². The minimum Gasteiger partial charge on any atom is -0.497 e. The minimum atomic E-state index is -0.504. The summed E-state index contributed by atoms with van der Waals surface area (Å²) in [5.41, 5.74) is 3.74. The largest absolute Gasteiger partial charge is 0.497 e. The van der Waals surface area contributed by atoms with E-state index in [1.54, 1.807) is 14.2 Å². The van der Waals surface area contributed by atoms with E-state index in [1.807, 2.05) is 48.5 Å². The smallest absolute Gasteiger partial charge is 0.232 e. The van der Waals surface area contributed by atoms with Gasteiger partial charge in [0.1, 0.15) is 11.5 Å². The van der Waals surface area contributed by atoms with E-state index in [0.717, 1.165) is 33.8 Å². The molecule has 1 fully saturated rings. The second kappa shape index (κ2) is 8.11. The minimum absolute atomic E-state index is 0.0428. The van der Waals surface area contributed by atoms with Crippen LogP contribution in [0.1, 0.15) is 48.1 Å². The number of fused-ring (bicyclic) bond motifs is 3. The number of carbonyl (C=O) groups is 1. The van der Waals surface area contributed by atoms with Crippen LogP contribution in [0, 0.1) is 5.92 Å². The maximum Gasteiger partial charge on any atom is 0.232 e. The monoisotopic (exact) mass is 439 g/mol. The van der Waals surface area contributed by atoms with Gasteiger partial charge in [0.05, 0.1) is 31.7 Å². The number of ether oxygens (including phenoxy) is 2. The fourth-order valence-electron chi connectivity index (χ4n) is 5.55. The van der Waals surface area contributed by atoms with Crippen molar-refractivity contribution in [3.05, 3.63) is 107 Å². The molecule has 3 aromatic carbocycles. The van der Waals surface area contributed by atoms with E-state index in [0.29, 0.717) is 0 Å². The topological polar surface area (TPSA) is 38.8 Å². The molecular weight excluding hydrogens is 410 g/mol. The highest BCUT2D eigenvalue weighted by atomic mass is 16.5. The number of benzene rings is 3. The van der Waals surface area contributed by atoms with Crippen LogP contribution in [0.3, 0.4) is 0 Å². The number of likely N-dealkylation sites (tertiary alicyclic amines) is 1. The number of methoxy groups -OCH3 is 2. The van der Waals surface area contributed by atoms with Crippen LogP contribution in [0.25, 0.3) is 5.76 Å². The second-order valence-corrected chi connectivity index (χ2v) is 9.23. The standard InChI is InChI=1S/C29H29NO3/c1-29(2,20-10-6-5-7-11-20)30-27(19-14-16-21(32-3)17-15-19)24-18-25(33-4)22-12-8-9-13-23(22)26(24)28(30)31/h5-18,24,26-27H,1-4H3/t24-,26+,27+/m0/s1. The molecule has 4 nitrogen and oxygen atoms in total. The quantitative estimate of drug-likeness (QED) is 0.496. The van der Waals surface area contributed by atoms with Crippen molar-refractivity contribution in [2.45, 2.75) is 31.3 Å². The lowest BCUT2D eigenvalue weighted by atomic mass is 9.76. The van der Waals surface area contributed by atoms with Crippen molar-refractivity contribution in [1.29, 1.82) is 0 Å². The Bertz CT molecular complexity index is 1200. The van der Waals surface area contributed by atoms with Crippen molar-refractivity contribution in [3.8, 4) is 5.75 Å². The molecule has 0 unspecified atom stereocenters. The number of hydrogen-bond donors (Lipinski definition) is 0. The van der Waals surface area contributed by atoms with Gasteiger partial charge in [0.15, 0.2) is 0 Å². The van der Waals surface area contributed by atoms with Gasteiger partial charge in [-0.05, 0) is 48.7 Å². The number of amides is 1. The number of nitrogens with zero attached hydrogens (tertiary/aromatic N) is 1. The first-order chi connectivity index (χ1) is 16.0. The summed E-state index contributed by atoms with van der Waals surface area (Å²) in [6, 6.07) is 26.4. The van der Waals surface area contributed by atoms with Gasteiger partial charge in [0.2, 0.25) is 5.91 Å². The average molecular weight is 440 g/mol. The number of hydrogen-bond acceptors (Lipinski definition) is 3. The zero-order valence-electron chi connectivity index (χ0n) is 19.5. The first kappa shape index (κ1) is 21.3. The molecule has 3 atom stereocenters. The molecule has 0 aromatic heterocycles. The highest BCUT2D eigenvalue weighted by Gasteiger charge is 2.55. The summed E-state index contributed by atoms with van der Waals surface area (Å²) < 4.78 is 11.2. The Labute approximate surface area is 195 Å². The Balaban J connectivity index is 1.71. The number of rotatable bonds is 5. The molecule has 1 saturated heterocycles. The lowest BCUT2D eigenvalue weighted by molar-refractivity contribution is -0.136. The van der Waals surface area contributed by atoms with E-state index in [2.05, 4.69) is 55.2 Å². The zero-order valence-corrected chi connectivity index (χ0v) is 19.5. The van der Waals surface area contributed by atoms with Crippen LogP contribution in [0.15, 0.2) is 84.9 Å². The van der Waals surface area contributed by atoms with Gasteiger partial charge in [-0.1, -0.05) is 66.7 Å². The molecule has 33 heavy (non-hydrogen) atoms. The predicted molar refractivity (Wildman–Crippen MR) is 130 cm³/mol. The molecule has 0 N–H and O–H groups in total. The highest BCUT2D eigenvalue weighted by Crippen LogP contribution is 2.55. The molecule has 5 rings (SSSR count). The Morgan fingerprint density at radius 3 is 2.15 bits per heavy atom. The van der Waals surface area contributed by atoms with Crippen LogP contribution < -0.4 is 4.74 Å². The Hall–Kier alpha value is -3.53. The predicted octanol–water partition coefficient (Wildman–Crippen LogP) is 5.91. The summed E-state index contributed by atoms with van der Waals surface area (Å²) in [5, 5.41) is 0. The molecule has 1 amide bonds. The van der Waals surface area contributed by atoms with Gasteiger partial charge in [-0.15, -0.1) is 0 Å². The molecular formula is C29H29NO3. The summed E-state index contributed by atoms with van der Waals surface area (Å²) >= 11 is 0. The SMILES string of the molecule is COC1=C[C@H]2[C@H](C(=O)N(C(C)(C)c3ccccc3)[C@@H]2c2ccc(OC)cc2)c2ccccc21. The van der Waals surface area contributed by atoms with Gasteiger partial charge >= 0.3 is 0 Å². The van der Waals surface area contributed by atoms with Crippen molar-refractivity contribution in [1.82, 2.24) is 4.90 Å². The van der Waals surface area contributed by atoms with Crippen LogP contribution >= 0.6 is 0 Å². The van der Waals surface area contributed by atoms with Crippen LogP contribution in [-0.2, 0) is 15.1 Å². The third kappa shape index (κ3) is 3.32. The summed E-state index contributed by atoms with van der Waals surface area (Å²) in [7, 11) is 3.37. The lowest BCUT2D eigenvalue weighted by Gasteiger charge is -2.41. The summed E-state index contributed by atoms with van der Waals surface area (Å²) in [5.74, 6) is 1.48. The molecule has 0 radical (unpaired) electrons. The summed E-state index contributed by atoms with van der Waals surface area (Å²) in [6.45, 7) is 4.28. The third-order valence-corrected chi connectivity index (χ3v) is 7.20. The maximum absolute atomic E-state index is 14.3. The maximum atomic E-state index is 14.3. The van der Waals surface area contributed by atoms with Crippen molar-refractivity contribution in [2.75, 3.05) is 14.2 Å². The van der Waals surface area contributed by atoms with Crippen molar-refractivity contribution < 1.29 is 14.3 Å². The molecule has 3 aromatic rings. The zero-order chi connectivity index (χ0) is 23.2. The van der Waals surface area contributed by atoms with Crippen LogP contribution in [0.2, 0.25) is 0 Å². The Morgan fingerprint density at radius 2 is 1.48 bits per heavy atom. The van der Waals surface area contributed by atoms with E-state index in [-0.39, 0.29) is 23.8 Å². The van der Waals surface area contributed by atoms with Gasteiger partial charge in [0, 0.05) is 11.5 Å². The Kier molecular flexibility index (Phi) is 5.24. The van der Waals surface area contributed by atoms with E-state index in [1.165, 1.54) is 0 Å². The molecule has 1 heterocycles. The van der Waals surface area contributed by atoms with Gasteiger partial charge in [-0.25, -0.2) is 0 Å². The average Bonchev–Trinajstić information content (AvgIpc) is 3.17. The normalized spacial score (nSPS) is 21.8. The van der Waals surface area contributed by atoms with Crippen molar-refractivity contribution >= 4 is 11.7 Å². The van der Waals surface area contributed by atoms with E-state index >= 15 is 0 Å². The fraction of sp³-hybridized carbons (Fsp3) is 0.276. The van der Waals surface area contributed by atoms with Crippen LogP contribution in [0.4, 0.5) is 0 Å². The first-order valence-electron chi connectivity index (χ1n) is 11.3. The molecule has 0 bridgehead atoms. The summed E-state index contributed by atoms with van der Waals surface area (Å²) in [6.07, 6.45) is 2.15. The summed E-state index contributed by atoms with van der Waals surface area (Å²) in [4.78, 5) is 16.3. The molecule has 168 valence electrons. The Morgan fingerprint density at radius 1 is 0.818 bits per heavy atom. The van der Waals surface area contributed by atoms with E-state index in [9.17, 15) is 4.79 Å². The highest BCUT2D eigenvalue weighted by molar-refractivity contribution is 5.92. The lowest BCUT2D eigenvalue weighted by Crippen LogP contribution is -2.44. The molecule has 0 saturated carbocycles. The fourth-order valence-corrected chi connectivity index (χ4v) is 5.55. The third-order valence-electron chi connectivity index (χ3n) is 7.20. The van der Waals surface area contributed by atoms with Crippen molar-refractivity contribution in [3.63, 3.8) is 0 Å². The van der Waals surface area contributed by atoms with Crippen molar-refractivity contribution in [2.24, 2.45) is 5.92 Å². The van der Waals surface area contributed by atoms with E-state index < -0.39 is 5.54 Å². The first-order valence-corrected chi connectivity index (χ1v) is 11.3. The van der Waals surface area contributed by atoms with Gasteiger partial charge in [-0.3, -0.25) is 4.79 Å². The number of carbonyl (C=O) groups excluding carboxylic acids is 1. The van der Waals surface area contributed by atoms with E-state index in [4.69, 9.17) is 9.47 Å². The molecule has 0 spiro atoms. The molecule has 1 aliphatic carbocycles. The molecule has 2 aliphatic rings. The second-order valence-electron chi connectivity index (χ2n) is 9.23.